The highest BCUT2D eigenvalue weighted by molar-refractivity contribution is 5.87. The zero-order chi connectivity index (χ0) is 15.4. The molecule has 1 aromatic rings. The van der Waals surface area contributed by atoms with Crippen LogP contribution < -0.4 is 5.32 Å². The maximum absolute atomic E-state index is 12.1. The Hall–Kier alpha value is -2.44. The zero-order valence-electron chi connectivity index (χ0n) is 11.7. The molecule has 1 aliphatic rings. The van der Waals surface area contributed by atoms with Crippen LogP contribution in [0.1, 0.15) is 25.3 Å². The Kier molecular flexibility index (Phi) is 4.52. The van der Waals surface area contributed by atoms with Gasteiger partial charge in [0.25, 0.3) is 5.69 Å². The lowest BCUT2D eigenvalue weighted by Crippen LogP contribution is -2.44. The van der Waals surface area contributed by atoms with E-state index in [2.05, 4.69) is 5.32 Å². The molecular weight excluding hydrogens is 274 g/mol. The lowest BCUT2D eigenvalue weighted by Gasteiger charge is -2.22. The minimum Gasteiger partial charge on any atom is -0.350 e. The standard InChI is InChI=1S/C14H17N3O4/c1-10(18)16-8-4-7-13(16)14(19)15-9-11-5-2-3-6-12(11)17(20)21/h2-3,5-6,13H,4,7-9H2,1H3,(H,15,19). The second-order valence-corrected chi connectivity index (χ2v) is 4.97. The fourth-order valence-corrected chi connectivity index (χ4v) is 2.55. The Labute approximate surface area is 122 Å². The Morgan fingerprint density at radius 2 is 2.14 bits per heavy atom. The van der Waals surface area contributed by atoms with Crippen molar-refractivity contribution in [3.63, 3.8) is 0 Å². The normalized spacial score (nSPS) is 17.6. The monoisotopic (exact) mass is 291 g/mol. The number of amides is 2. The van der Waals surface area contributed by atoms with Gasteiger partial charge in [-0.05, 0) is 12.8 Å². The second-order valence-electron chi connectivity index (χ2n) is 4.97. The zero-order valence-corrected chi connectivity index (χ0v) is 11.7. The van der Waals surface area contributed by atoms with Gasteiger partial charge in [-0.2, -0.15) is 0 Å². The smallest absolute Gasteiger partial charge is 0.274 e. The topological polar surface area (TPSA) is 92.6 Å². The van der Waals surface area contributed by atoms with Crippen molar-refractivity contribution in [2.45, 2.75) is 32.4 Å². The fraction of sp³-hybridized carbons (Fsp3) is 0.429. The first-order chi connectivity index (χ1) is 10.0. The van der Waals surface area contributed by atoms with Crippen molar-refractivity contribution in [1.29, 1.82) is 0 Å². The largest absolute Gasteiger partial charge is 0.350 e. The first-order valence-electron chi connectivity index (χ1n) is 6.78. The number of carbonyl (C=O) groups is 2. The molecule has 0 aliphatic carbocycles. The maximum atomic E-state index is 12.1. The van der Waals surface area contributed by atoms with E-state index in [4.69, 9.17) is 0 Å². The van der Waals surface area contributed by atoms with E-state index < -0.39 is 11.0 Å². The van der Waals surface area contributed by atoms with E-state index in [1.54, 1.807) is 18.2 Å². The summed E-state index contributed by atoms with van der Waals surface area (Å²) in [4.78, 5) is 35.5. The van der Waals surface area contributed by atoms with Gasteiger partial charge in [-0.3, -0.25) is 19.7 Å². The molecule has 1 unspecified atom stereocenters. The number of para-hydroxylation sites is 1. The van der Waals surface area contributed by atoms with Crippen LogP contribution in [0.5, 0.6) is 0 Å². The molecule has 0 aromatic heterocycles. The number of hydrogen-bond acceptors (Lipinski definition) is 4. The average Bonchev–Trinajstić information content (AvgIpc) is 2.94. The number of hydrogen-bond donors (Lipinski definition) is 1. The van der Waals surface area contributed by atoms with Crippen molar-refractivity contribution >= 4 is 17.5 Å². The third kappa shape index (κ3) is 3.36. The molecule has 21 heavy (non-hydrogen) atoms. The Bertz CT molecular complexity index is 573. The molecule has 1 N–H and O–H groups in total. The lowest BCUT2D eigenvalue weighted by atomic mass is 10.1. The third-order valence-corrected chi connectivity index (χ3v) is 3.60. The molecule has 1 fully saturated rings. The van der Waals surface area contributed by atoms with Crippen LogP contribution in [0, 0.1) is 10.1 Å². The molecule has 0 saturated carbocycles. The van der Waals surface area contributed by atoms with Gasteiger partial charge in [-0.25, -0.2) is 0 Å². The summed E-state index contributed by atoms with van der Waals surface area (Å²) >= 11 is 0. The first kappa shape index (κ1) is 15.0. The van der Waals surface area contributed by atoms with E-state index in [0.717, 1.165) is 6.42 Å². The Balaban J connectivity index is 2.02. The predicted molar refractivity (Wildman–Crippen MR) is 75.4 cm³/mol. The molecule has 0 bridgehead atoms. The minimum absolute atomic E-state index is 0.0207. The van der Waals surface area contributed by atoms with E-state index in [-0.39, 0.29) is 24.0 Å². The number of rotatable bonds is 4. The van der Waals surface area contributed by atoms with Crippen LogP contribution in [0.3, 0.4) is 0 Å². The van der Waals surface area contributed by atoms with Crippen molar-refractivity contribution in [2.75, 3.05) is 6.54 Å². The number of nitrogens with one attached hydrogen (secondary N) is 1. The fourth-order valence-electron chi connectivity index (χ4n) is 2.55. The predicted octanol–water partition coefficient (Wildman–Crippen LogP) is 1.22. The molecule has 112 valence electrons. The summed E-state index contributed by atoms with van der Waals surface area (Å²) in [7, 11) is 0. The van der Waals surface area contributed by atoms with Gasteiger partial charge in [-0.1, -0.05) is 18.2 Å². The van der Waals surface area contributed by atoms with Crippen LogP contribution in [0.15, 0.2) is 24.3 Å². The van der Waals surface area contributed by atoms with E-state index in [9.17, 15) is 19.7 Å². The van der Waals surface area contributed by atoms with Gasteiger partial charge < -0.3 is 10.2 Å². The van der Waals surface area contributed by atoms with Gasteiger partial charge in [0.15, 0.2) is 0 Å². The van der Waals surface area contributed by atoms with Gasteiger partial charge in [0.2, 0.25) is 11.8 Å². The van der Waals surface area contributed by atoms with Crippen LogP contribution in [-0.4, -0.2) is 34.2 Å². The van der Waals surface area contributed by atoms with Crippen molar-refractivity contribution in [2.24, 2.45) is 0 Å². The van der Waals surface area contributed by atoms with Crippen molar-refractivity contribution in [3.05, 3.63) is 39.9 Å². The number of benzene rings is 1. The molecule has 2 rings (SSSR count). The van der Waals surface area contributed by atoms with Crippen LogP contribution in [0.25, 0.3) is 0 Å². The van der Waals surface area contributed by atoms with Gasteiger partial charge >= 0.3 is 0 Å². The number of nitro benzene ring substituents is 1. The van der Waals surface area contributed by atoms with Crippen LogP contribution in [0.4, 0.5) is 5.69 Å². The molecule has 2 amide bonds. The SMILES string of the molecule is CC(=O)N1CCCC1C(=O)NCc1ccccc1[N+](=O)[O-]. The molecule has 1 atom stereocenters. The highest BCUT2D eigenvalue weighted by Gasteiger charge is 2.32. The van der Waals surface area contributed by atoms with Gasteiger partial charge in [0, 0.05) is 31.6 Å². The highest BCUT2D eigenvalue weighted by Crippen LogP contribution is 2.19. The van der Waals surface area contributed by atoms with E-state index in [0.29, 0.717) is 18.5 Å². The molecule has 0 radical (unpaired) electrons. The van der Waals surface area contributed by atoms with Crippen molar-refractivity contribution in [1.82, 2.24) is 10.2 Å². The molecule has 7 heteroatoms. The summed E-state index contributed by atoms with van der Waals surface area (Å²) in [6, 6.07) is 5.81. The van der Waals surface area contributed by atoms with Crippen molar-refractivity contribution < 1.29 is 14.5 Å². The van der Waals surface area contributed by atoms with E-state index in [1.165, 1.54) is 17.9 Å². The van der Waals surface area contributed by atoms with Crippen LogP contribution >= 0.6 is 0 Å². The Morgan fingerprint density at radius 1 is 1.43 bits per heavy atom. The van der Waals surface area contributed by atoms with Crippen LogP contribution in [-0.2, 0) is 16.1 Å². The number of carbonyl (C=O) groups excluding carboxylic acids is 2. The van der Waals surface area contributed by atoms with Gasteiger partial charge in [0.1, 0.15) is 6.04 Å². The van der Waals surface area contributed by atoms with E-state index in [1.807, 2.05) is 0 Å². The minimum atomic E-state index is -0.473. The molecule has 1 aromatic carbocycles. The third-order valence-electron chi connectivity index (χ3n) is 3.60. The summed E-state index contributed by atoms with van der Waals surface area (Å²) in [6.45, 7) is 2.10. The summed E-state index contributed by atoms with van der Waals surface area (Å²) < 4.78 is 0. The molecule has 0 spiro atoms. The molecule has 1 saturated heterocycles. The van der Waals surface area contributed by atoms with Gasteiger partial charge in [-0.15, -0.1) is 0 Å². The van der Waals surface area contributed by atoms with Gasteiger partial charge in [0.05, 0.1) is 4.92 Å². The summed E-state index contributed by atoms with van der Waals surface area (Å²) in [5.41, 5.74) is 0.427. The van der Waals surface area contributed by atoms with E-state index >= 15 is 0 Å². The second kappa shape index (κ2) is 6.34. The lowest BCUT2D eigenvalue weighted by molar-refractivity contribution is -0.385. The molecule has 1 aliphatic heterocycles. The molecule has 1 heterocycles. The Morgan fingerprint density at radius 3 is 2.81 bits per heavy atom. The van der Waals surface area contributed by atoms with Crippen LogP contribution in [0.2, 0.25) is 0 Å². The molecule has 7 nitrogen and oxygen atoms in total. The number of likely N-dealkylation sites (tertiary alicyclic amines) is 1. The van der Waals surface area contributed by atoms with Crippen molar-refractivity contribution in [3.8, 4) is 0 Å². The quantitative estimate of drug-likeness (QED) is 0.667. The summed E-state index contributed by atoms with van der Waals surface area (Å²) in [5.74, 6) is -0.390. The summed E-state index contributed by atoms with van der Waals surface area (Å²) in [6.07, 6.45) is 1.42. The number of nitro groups is 1. The first-order valence-corrected chi connectivity index (χ1v) is 6.78. The summed E-state index contributed by atoms with van der Waals surface area (Å²) in [5, 5.41) is 13.6. The number of nitrogens with zero attached hydrogens (tertiary/aromatic N) is 2. The molecular formula is C14H17N3O4. The highest BCUT2D eigenvalue weighted by atomic mass is 16.6. The average molecular weight is 291 g/mol. The maximum Gasteiger partial charge on any atom is 0.274 e.